The van der Waals surface area contributed by atoms with Gasteiger partial charge in [-0.25, -0.2) is 4.98 Å². The van der Waals surface area contributed by atoms with Crippen LogP contribution in [0.1, 0.15) is 30.8 Å². The molecule has 0 atom stereocenters. The third kappa shape index (κ3) is 4.86. The molecule has 0 saturated carbocycles. The Morgan fingerprint density at radius 1 is 1.43 bits per heavy atom. The van der Waals surface area contributed by atoms with Crippen LogP contribution in [0, 0.1) is 24.2 Å². The Bertz CT molecular complexity index is 730. The average molecular weight is 328 g/mol. The van der Waals surface area contributed by atoms with E-state index in [1.807, 2.05) is 6.92 Å². The lowest BCUT2D eigenvalue weighted by molar-refractivity contribution is -0.113. The maximum atomic E-state index is 12.0. The second kappa shape index (κ2) is 7.84. The Balaban J connectivity index is 1.93. The predicted octanol–water partition coefficient (Wildman–Crippen LogP) is 3.52. The number of anilines is 1. The molecule has 1 amide bonds. The monoisotopic (exact) mass is 328 g/mol. The lowest BCUT2D eigenvalue weighted by atomic mass is 10.1. The summed E-state index contributed by atoms with van der Waals surface area (Å²) in [5, 5.41) is 12.5. The van der Waals surface area contributed by atoms with Crippen LogP contribution in [0.2, 0.25) is 0 Å². The molecule has 0 aliphatic carbocycles. The van der Waals surface area contributed by atoms with Crippen LogP contribution in [0.5, 0.6) is 0 Å². The summed E-state index contributed by atoms with van der Waals surface area (Å²) in [6.07, 6.45) is 0.921. The van der Waals surface area contributed by atoms with E-state index >= 15 is 0 Å². The van der Waals surface area contributed by atoms with Gasteiger partial charge in [-0.2, -0.15) is 5.26 Å². The molecule has 5 nitrogen and oxygen atoms in total. The highest BCUT2D eigenvalue weighted by Gasteiger charge is 2.11. The Labute approximate surface area is 140 Å². The number of thioether (sulfide) groups is 1. The van der Waals surface area contributed by atoms with Crippen molar-refractivity contribution < 1.29 is 4.79 Å². The summed E-state index contributed by atoms with van der Waals surface area (Å²) in [5.74, 6) is 0.631. The first-order valence-electron chi connectivity index (χ1n) is 7.47. The number of imidazole rings is 1. The molecule has 1 aromatic carbocycles. The average Bonchev–Trinajstić information content (AvgIpc) is 2.85. The zero-order valence-electron chi connectivity index (χ0n) is 13.5. The molecule has 0 aliphatic rings. The third-order valence-corrected chi connectivity index (χ3v) is 4.10. The van der Waals surface area contributed by atoms with Crippen LogP contribution < -0.4 is 5.32 Å². The minimum atomic E-state index is -0.155. The van der Waals surface area contributed by atoms with E-state index in [9.17, 15) is 4.79 Å². The Kier molecular flexibility index (Phi) is 5.83. The predicted molar refractivity (Wildman–Crippen MR) is 92.4 cm³/mol. The summed E-state index contributed by atoms with van der Waals surface area (Å²) in [7, 11) is 0. The van der Waals surface area contributed by atoms with E-state index in [-0.39, 0.29) is 11.7 Å². The molecule has 23 heavy (non-hydrogen) atoms. The Hall–Kier alpha value is -2.26. The van der Waals surface area contributed by atoms with E-state index in [0.29, 0.717) is 17.2 Å². The van der Waals surface area contributed by atoms with E-state index in [4.69, 9.17) is 5.26 Å². The highest BCUT2D eigenvalue weighted by atomic mass is 32.2. The van der Waals surface area contributed by atoms with Crippen molar-refractivity contribution in [3.8, 4) is 6.07 Å². The summed E-state index contributed by atoms with van der Waals surface area (Å²) in [6.45, 7) is 6.31. The van der Waals surface area contributed by atoms with Gasteiger partial charge >= 0.3 is 0 Å². The first-order chi connectivity index (χ1) is 11.0. The van der Waals surface area contributed by atoms with Crippen LogP contribution in [0.15, 0.2) is 29.4 Å². The van der Waals surface area contributed by atoms with Gasteiger partial charge in [0.15, 0.2) is 5.16 Å². The van der Waals surface area contributed by atoms with Crippen molar-refractivity contribution in [2.45, 2.75) is 32.3 Å². The summed E-state index contributed by atoms with van der Waals surface area (Å²) < 4.78 is 0. The number of hydrogen-bond acceptors (Lipinski definition) is 4. The molecule has 1 heterocycles. The number of nitrogens with zero attached hydrogens (tertiary/aromatic N) is 2. The molecule has 0 fully saturated rings. The van der Waals surface area contributed by atoms with Crippen molar-refractivity contribution >= 4 is 23.4 Å². The molecular formula is C17H20N4OS. The molecule has 2 N–H and O–H groups in total. The van der Waals surface area contributed by atoms with Crippen molar-refractivity contribution in [1.82, 2.24) is 9.97 Å². The van der Waals surface area contributed by atoms with Crippen LogP contribution in [-0.2, 0) is 11.2 Å². The van der Waals surface area contributed by atoms with Crippen LogP contribution in [0.25, 0.3) is 0 Å². The van der Waals surface area contributed by atoms with Crippen molar-refractivity contribution in [1.29, 1.82) is 5.26 Å². The fourth-order valence-corrected chi connectivity index (χ4v) is 2.87. The fraction of sp³-hybridized carbons (Fsp3) is 0.353. The van der Waals surface area contributed by atoms with Gasteiger partial charge in [0.05, 0.1) is 22.7 Å². The number of aromatic nitrogens is 2. The molecule has 0 spiro atoms. The van der Waals surface area contributed by atoms with E-state index in [0.717, 1.165) is 23.0 Å². The van der Waals surface area contributed by atoms with Gasteiger partial charge in [-0.15, -0.1) is 0 Å². The third-order valence-electron chi connectivity index (χ3n) is 3.23. The number of carbonyl (C=O) groups excluding carboxylic acids is 1. The Morgan fingerprint density at radius 3 is 2.87 bits per heavy atom. The number of amides is 1. The summed E-state index contributed by atoms with van der Waals surface area (Å²) in [6, 6.07) is 9.02. The van der Waals surface area contributed by atoms with Gasteiger partial charge in [0.2, 0.25) is 5.91 Å². The van der Waals surface area contributed by atoms with Crippen LogP contribution in [0.3, 0.4) is 0 Å². The highest BCUT2D eigenvalue weighted by Crippen LogP contribution is 2.20. The molecule has 2 rings (SSSR count). The molecule has 2 aromatic rings. The van der Waals surface area contributed by atoms with Crippen molar-refractivity contribution in [2.24, 2.45) is 5.92 Å². The number of nitriles is 1. The van der Waals surface area contributed by atoms with Crippen molar-refractivity contribution in [3.63, 3.8) is 0 Å². The quantitative estimate of drug-likeness (QED) is 0.795. The number of benzene rings is 1. The maximum Gasteiger partial charge on any atom is 0.234 e. The number of nitrogens with one attached hydrogen (secondary N) is 2. The molecular weight excluding hydrogens is 308 g/mol. The van der Waals surface area contributed by atoms with Gasteiger partial charge in [-0.1, -0.05) is 37.7 Å². The van der Waals surface area contributed by atoms with Gasteiger partial charge in [-0.05, 0) is 31.4 Å². The van der Waals surface area contributed by atoms with Gasteiger partial charge < -0.3 is 10.3 Å². The first kappa shape index (κ1) is 17.1. The standard InChI is InChI=1S/C17H20N4OS/c1-11(2)8-15-12(3)19-17(21-15)23-10-16(22)20-14-7-5-4-6-13(14)9-18/h4-7,11H,8,10H2,1-3H3,(H,19,21)(H,20,22). The largest absolute Gasteiger partial charge is 0.337 e. The first-order valence-corrected chi connectivity index (χ1v) is 8.45. The molecule has 0 bridgehead atoms. The van der Waals surface area contributed by atoms with Crippen LogP contribution >= 0.6 is 11.8 Å². The van der Waals surface area contributed by atoms with E-state index in [1.165, 1.54) is 11.8 Å². The number of aryl methyl sites for hydroxylation is 1. The number of hydrogen-bond donors (Lipinski definition) is 2. The fourth-order valence-electron chi connectivity index (χ4n) is 2.13. The minimum absolute atomic E-state index is 0.155. The normalized spacial score (nSPS) is 10.6. The van der Waals surface area contributed by atoms with Gasteiger partial charge in [0.1, 0.15) is 6.07 Å². The number of rotatable bonds is 6. The molecule has 0 radical (unpaired) electrons. The van der Waals surface area contributed by atoms with Crippen LogP contribution in [-0.4, -0.2) is 21.6 Å². The number of aromatic amines is 1. The van der Waals surface area contributed by atoms with Gasteiger partial charge in [0.25, 0.3) is 0 Å². The van der Waals surface area contributed by atoms with Crippen LogP contribution in [0.4, 0.5) is 5.69 Å². The molecule has 0 aliphatic heterocycles. The Morgan fingerprint density at radius 2 is 2.17 bits per heavy atom. The SMILES string of the molecule is Cc1[nH]c(SCC(=O)Nc2ccccc2C#N)nc1CC(C)C. The van der Waals surface area contributed by atoms with Crippen molar-refractivity contribution in [3.05, 3.63) is 41.2 Å². The topological polar surface area (TPSA) is 81.6 Å². The maximum absolute atomic E-state index is 12.0. The van der Waals surface area contributed by atoms with Crippen molar-refractivity contribution in [2.75, 3.05) is 11.1 Å². The lowest BCUT2D eigenvalue weighted by Gasteiger charge is -2.05. The molecule has 120 valence electrons. The molecule has 1 aromatic heterocycles. The number of carbonyl (C=O) groups is 1. The van der Waals surface area contributed by atoms with Gasteiger partial charge in [-0.3, -0.25) is 4.79 Å². The van der Waals surface area contributed by atoms with E-state index in [1.54, 1.807) is 24.3 Å². The van der Waals surface area contributed by atoms with Gasteiger partial charge in [0, 0.05) is 5.69 Å². The minimum Gasteiger partial charge on any atom is -0.337 e. The summed E-state index contributed by atoms with van der Waals surface area (Å²) in [4.78, 5) is 19.8. The van der Waals surface area contributed by atoms with E-state index < -0.39 is 0 Å². The molecule has 0 unspecified atom stereocenters. The van der Waals surface area contributed by atoms with E-state index in [2.05, 4.69) is 35.2 Å². The second-order valence-corrected chi connectivity index (χ2v) is 6.67. The highest BCUT2D eigenvalue weighted by molar-refractivity contribution is 7.99. The zero-order chi connectivity index (χ0) is 16.8. The molecule has 0 saturated heterocycles. The number of para-hydroxylation sites is 1. The zero-order valence-corrected chi connectivity index (χ0v) is 14.3. The molecule has 6 heteroatoms. The summed E-state index contributed by atoms with van der Waals surface area (Å²) >= 11 is 1.36. The summed E-state index contributed by atoms with van der Waals surface area (Å²) in [5.41, 5.74) is 3.10. The smallest absolute Gasteiger partial charge is 0.234 e. The number of H-pyrrole nitrogens is 1. The lowest BCUT2D eigenvalue weighted by Crippen LogP contribution is -2.15. The second-order valence-electron chi connectivity index (χ2n) is 5.71.